The van der Waals surface area contributed by atoms with Crippen molar-refractivity contribution in [3.05, 3.63) is 24.3 Å². The van der Waals surface area contributed by atoms with E-state index in [9.17, 15) is 0 Å². The van der Waals surface area contributed by atoms with Gasteiger partial charge in [0.05, 0.1) is 6.61 Å². The van der Waals surface area contributed by atoms with Crippen molar-refractivity contribution in [2.45, 2.75) is 46.1 Å². The van der Waals surface area contributed by atoms with Gasteiger partial charge in [0.25, 0.3) is 0 Å². The molecule has 0 heterocycles. The van der Waals surface area contributed by atoms with Gasteiger partial charge in [0.15, 0.2) is 0 Å². The van der Waals surface area contributed by atoms with Crippen molar-refractivity contribution in [2.24, 2.45) is 11.8 Å². The van der Waals surface area contributed by atoms with Gasteiger partial charge in [-0.15, -0.1) is 0 Å². The molecule has 118 valence electrons. The molecular weight excluding hydrogens is 260 g/mol. The Kier molecular flexibility index (Phi) is 5.92. The van der Waals surface area contributed by atoms with Gasteiger partial charge < -0.3 is 15.3 Å². The van der Waals surface area contributed by atoms with Crippen LogP contribution < -0.4 is 10.2 Å². The third kappa shape index (κ3) is 4.37. The van der Waals surface area contributed by atoms with Crippen LogP contribution in [0.4, 0.5) is 11.4 Å². The Bertz CT molecular complexity index is 418. The Labute approximate surface area is 129 Å². The van der Waals surface area contributed by atoms with E-state index >= 15 is 0 Å². The maximum Gasteiger partial charge on any atom is 0.0606 e. The van der Waals surface area contributed by atoms with Gasteiger partial charge in [-0.2, -0.15) is 0 Å². The molecule has 0 aliphatic heterocycles. The second kappa shape index (κ2) is 7.69. The van der Waals surface area contributed by atoms with E-state index in [1.54, 1.807) is 0 Å². The molecule has 1 aromatic rings. The highest BCUT2D eigenvalue weighted by molar-refractivity contribution is 5.55. The van der Waals surface area contributed by atoms with Gasteiger partial charge >= 0.3 is 0 Å². The fourth-order valence-corrected chi connectivity index (χ4v) is 3.45. The van der Waals surface area contributed by atoms with E-state index in [0.29, 0.717) is 12.6 Å². The van der Waals surface area contributed by atoms with Crippen LogP contribution in [0.15, 0.2) is 24.3 Å². The quantitative estimate of drug-likeness (QED) is 0.837. The van der Waals surface area contributed by atoms with Crippen LogP contribution in [-0.2, 0) is 0 Å². The Morgan fingerprint density at radius 2 is 1.90 bits per heavy atom. The van der Waals surface area contributed by atoms with Crippen molar-refractivity contribution in [2.75, 3.05) is 29.9 Å². The highest BCUT2D eigenvalue weighted by Crippen LogP contribution is 2.31. The summed E-state index contributed by atoms with van der Waals surface area (Å²) in [5.41, 5.74) is 2.40. The van der Waals surface area contributed by atoms with E-state index in [1.807, 2.05) is 0 Å². The minimum Gasteiger partial charge on any atom is -0.395 e. The summed E-state index contributed by atoms with van der Waals surface area (Å²) >= 11 is 0. The molecule has 1 aromatic carbocycles. The molecule has 0 bridgehead atoms. The monoisotopic (exact) mass is 290 g/mol. The third-order valence-electron chi connectivity index (χ3n) is 4.77. The molecule has 1 fully saturated rings. The molecule has 0 amide bonds. The smallest absolute Gasteiger partial charge is 0.0606 e. The van der Waals surface area contributed by atoms with Crippen LogP contribution in [0.2, 0.25) is 0 Å². The maximum atomic E-state index is 9.10. The summed E-state index contributed by atoms with van der Waals surface area (Å²) in [6.07, 6.45) is 3.94. The lowest BCUT2D eigenvalue weighted by molar-refractivity contribution is 0.276. The Morgan fingerprint density at radius 3 is 2.48 bits per heavy atom. The highest BCUT2D eigenvalue weighted by Gasteiger charge is 2.24. The SMILES string of the molecule is CCN(CCO)c1ccc(NC2CCC(C)CC2C)cc1. The van der Waals surface area contributed by atoms with Gasteiger partial charge in [0.1, 0.15) is 0 Å². The molecule has 1 aliphatic carbocycles. The van der Waals surface area contributed by atoms with Gasteiger partial charge in [-0.3, -0.25) is 0 Å². The number of benzene rings is 1. The number of aliphatic hydroxyl groups excluding tert-OH is 1. The molecule has 0 radical (unpaired) electrons. The second-order valence-corrected chi connectivity index (χ2v) is 6.50. The summed E-state index contributed by atoms with van der Waals surface area (Å²) in [5, 5.41) is 12.8. The molecular formula is C18H30N2O. The molecule has 2 N–H and O–H groups in total. The fourth-order valence-electron chi connectivity index (χ4n) is 3.45. The van der Waals surface area contributed by atoms with Crippen LogP contribution in [0, 0.1) is 11.8 Å². The zero-order chi connectivity index (χ0) is 15.2. The summed E-state index contributed by atoms with van der Waals surface area (Å²) in [6.45, 7) is 8.66. The molecule has 0 saturated heterocycles. The van der Waals surface area contributed by atoms with Crippen molar-refractivity contribution >= 4 is 11.4 Å². The Balaban J connectivity index is 1.96. The van der Waals surface area contributed by atoms with E-state index in [0.717, 1.165) is 18.4 Å². The van der Waals surface area contributed by atoms with Crippen molar-refractivity contribution in [3.8, 4) is 0 Å². The van der Waals surface area contributed by atoms with Crippen molar-refractivity contribution in [1.82, 2.24) is 0 Å². The standard InChI is InChI=1S/C18H30N2O/c1-4-20(11-12-21)17-8-6-16(7-9-17)19-18-10-5-14(2)13-15(18)3/h6-9,14-15,18-19,21H,4-5,10-13H2,1-3H3. The summed E-state index contributed by atoms with van der Waals surface area (Å²) in [7, 11) is 0. The number of rotatable bonds is 6. The first-order chi connectivity index (χ1) is 10.1. The van der Waals surface area contributed by atoms with Crippen LogP contribution in [0.25, 0.3) is 0 Å². The van der Waals surface area contributed by atoms with E-state index in [1.165, 1.54) is 30.6 Å². The molecule has 0 aromatic heterocycles. The van der Waals surface area contributed by atoms with E-state index in [4.69, 9.17) is 5.11 Å². The number of likely N-dealkylation sites (N-methyl/N-ethyl adjacent to an activating group) is 1. The van der Waals surface area contributed by atoms with Crippen LogP contribution in [0.3, 0.4) is 0 Å². The maximum absolute atomic E-state index is 9.10. The minimum absolute atomic E-state index is 0.200. The molecule has 1 saturated carbocycles. The topological polar surface area (TPSA) is 35.5 Å². The lowest BCUT2D eigenvalue weighted by atomic mass is 9.80. The lowest BCUT2D eigenvalue weighted by Gasteiger charge is -2.34. The summed E-state index contributed by atoms with van der Waals surface area (Å²) in [4.78, 5) is 2.19. The van der Waals surface area contributed by atoms with E-state index in [-0.39, 0.29) is 6.61 Å². The van der Waals surface area contributed by atoms with Gasteiger partial charge in [0, 0.05) is 30.5 Å². The van der Waals surface area contributed by atoms with Gasteiger partial charge in [-0.25, -0.2) is 0 Å². The molecule has 21 heavy (non-hydrogen) atoms. The minimum atomic E-state index is 0.200. The van der Waals surface area contributed by atoms with Crippen molar-refractivity contribution < 1.29 is 5.11 Å². The number of nitrogens with one attached hydrogen (secondary N) is 1. The average molecular weight is 290 g/mol. The normalized spacial score (nSPS) is 25.6. The van der Waals surface area contributed by atoms with Crippen LogP contribution in [0.5, 0.6) is 0 Å². The Morgan fingerprint density at radius 1 is 1.19 bits per heavy atom. The zero-order valence-electron chi connectivity index (χ0n) is 13.7. The molecule has 2 rings (SSSR count). The first-order valence-corrected chi connectivity index (χ1v) is 8.36. The molecule has 3 unspecified atom stereocenters. The average Bonchev–Trinajstić information content (AvgIpc) is 2.48. The first kappa shape index (κ1) is 16.2. The first-order valence-electron chi connectivity index (χ1n) is 8.36. The van der Waals surface area contributed by atoms with Crippen molar-refractivity contribution in [3.63, 3.8) is 0 Å². The lowest BCUT2D eigenvalue weighted by Crippen LogP contribution is -2.33. The fraction of sp³-hybridized carbons (Fsp3) is 0.667. The molecule has 1 aliphatic rings. The van der Waals surface area contributed by atoms with Gasteiger partial charge in [0.2, 0.25) is 0 Å². The summed E-state index contributed by atoms with van der Waals surface area (Å²) in [6, 6.07) is 9.24. The number of aliphatic hydroxyl groups is 1. The molecule has 3 nitrogen and oxygen atoms in total. The predicted molar refractivity (Wildman–Crippen MR) is 91.0 cm³/mol. The van der Waals surface area contributed by atoms with E-state index in [2.05, 4.69) is 55.3 Å². The van der Waals surface area contributed by atoms with E-state index < -0.39 is 0 Å². The number of nitrogens with zero attached hydrogens (tertiary/aromatic N) is 1. The number of hydrogen-bond acceptors (Lipinski definition) is 3. The van der Waals surface area contributed by atoms with Crippen molar-refractivity contribution in [1.29, 1.82) is 0 Å². The summed E-state index contributed by atoms with van der Waals surface area (Å²) < 4.78 is 0. The number of hydrogen-bond donors (Lipinski definition) is 2. The number of anilines is 2. The van der Waals surface area contributed by atoms with Crippen LogP contribution in [-0.4, -0.2) is 30.8 Å². The largest absolute Gasteiger partial charge is 0.395 e. The van der Waals surface area contributed by atoms with Crippen LogP contribution >= 0.6 is 0 Å². The van der Waals surface area contributed by atoms with Crippen LogP contribution in [0.1, 0.15) is 40.0 Å². The molecule has 0 spiro atoms. The Hall–Kier alpha value is -1.22. The third-order valence-corrected chi connectivity index (χ3v) is 4.77. The van der Waals surface area contributed by atoms with Gasteiger partial charge in [-0.05, 0) is 62.3 Å². The zero-order valence-corrected chi connectivity index (χ0v) is 13.7. The second-order valence-electron chi connectivity index (χ2n) is 6.50. The summed E-state index contributed by atoms with van der Waals surface area (Å²) in [5.74, 6) is 1.62. The predicted octanol–water partition coefficient (Wildman–Crippen LogP) is 3.74. The van der Waals surface area contributed by atoms with Gasteiger partial charge in [-0.1, -0.05) is 13.8 Å². The highest BCUT2D eigenvalue weighted by atomic mass is 16.3. The molecule has 3 atom stereocenters. The molecule has 3 heteroatoms.